The van der Waals surface area contributed by atoms with Gasteiger partial charge in [0.15, 0.2) is 0 Å². The molecule has 4 rings (SSSR count). The van der Waals surface area contributed by atoms with Gasteiger partial charge in [0.25, 0.3) is 0 Å². The third-order valence-corrected chi connectivity index (χ3v) is 5.75. The van der Waals surface area contributed by atoms with Gasteiger partial charge in [-0.15, -0.1) is 0 Å². The van der Waals surface area contributed by atoms with E-state index in [2.05, 4.69) is 75.4 Å². The monoisotopic (exact) mass is 318 g/mol. The lowest BCUT2D eigenvalue weighted by Gasteiger charge is -2.42. The van der Waals surface area contributed by atoms with Gasteiger partial charge < -0.3 is 4.74 Å². The molecule has 0 N–H and O–H groups in total. The maximum absolute atomic E-state index is 6.90. The predicted molar refractivity (Wildman–Crippen MR) is 100.0 cm³/mol. The fraction of sp³-hybridized carbons (Fsp3) is 0.391. The zero-order valence-corrected chi connectivity index (χ0v) is 14.9. The topological polar surface area (TPSA) is 9.23 Å². The van der Waals surface area contributed by atoms with Gasteiger partial charge in [-0.25, -0.2) is 0 Å². The summed E-state index contributed by atoms with van der Waals surface area (Å²) in [7, 11) is 0. The summed E-state index contributed by atoms with van der Waals surface area (Å²) in [6.45, 7) is 6.83. The molecule has 2 unspecified atom stereocenters. The van der Waals surface area contributed by atoms with Crippen molar-refractivity contribution in [3.05, 3.63) is 71.3 Å². The molecule has 2 aliphatic rings. The summed E-state index contributed by atoms with van der Waals surface area (Å²) in [5, 5.41) is 0. The Morgan fingerprint density at radius 1 is 0.917 bits per heavy atom. The first-order valence-electron chi connectivity index (χ1n) is 9.27. The summed E-state index contributed by atoms with van der Waals surface area (Å²) in [6, 6.07) is 17.5. The minimum absolute atomic E-state index is 0.286. The van der Waals surface area contributed by atoms with E-state index in [4.69, 9.17) is 4.74 Å². The second-order valence-corrected chi connectivity index (χ2v) is 7.17. The van der Waals surface area contributed by atoms with Crippen LogP contribution in [0.1, 0.15) is 51.2 Å². The van der Waals surface area contributed by atoms with Crippen molar-refractivity contribution in [1.29, 1.82) is 0 Å². The zero-order valence-electron chi connectivity index (χ0n) is 14.9. The highest BCUT2D eigenvalue weighted by molar-refractivity contribution is 5.81. The van der Waals surface area contributed by atoms with Crippen molar-refractivity contribution in [3.8, 4) is 11.1 Å². The largest absolute Gasteiger partial charge is 0.358 e. The Morgan fingerprint density at radius 2 is 1.50 bits per heavy atom. The van der Waals surface area contributed by atoms with Gasteiger partial charge in [0.2, 0.25) is 0 Å². The molecule has 0 amide bonds. The molecule has 1 aliphatic heterocycles. The van der Waals surface area contributed by atoms with Gasteiger partial charge in [-0.05, 0) is 37.0 Å². The molecule has 2 aromatic rings. The number of hydrogen-bond donors (Lipinski definition) is 0. The van der Waals surface area contributed by atoms with Crippen LogP contribution in [0.25, 0.3) is 11.1 Å². The normalized spacial score (nSPS) is 23.7. The van der Waals surface area contributed by atoms with Crippen molar-refractivity contribution < 1.29 is 4.74 Å². The Hall–Kier alpha value is -1.86. The Bertz CT molecular complexity index is 741. The average Bonchev–Trinajstić information content (AvgIpc) is 2.88. The highest BCUT2D eigenvalue weighted by Gasteiger charge is 2.47. The lowest BCUT2D eigenvalue weighted by molar-refractivity contribution is -0.0771. The molecule has 1 heterocycles. The van der Waals surface area contributed by atoms with E-state index in [9.17, 15) is 0 Å². The van der Waals surface area contributed by atoms with Crippen LogP contribution in [0, 0.1) is 5.92 Å². The lowest BCUT2D eigenvalue weighted by atomic mass is 9.79. The van der Waals surface area contributed by atoms with Crippen molar-refractivity contribution >= 4 is 0 Å². The Labute approximate surface area is 145 Å². The Kier molecular flexibility index (Phi) is 3.85. The maximum atomic E-state index is 6.90. The molecule has 0 fully saturated rings. The summed E-state index contributed by atoms with van der Waals surface area (Å²) in [6.07, 6.45) is 6.16. The molecule has 2 aromatic carbocycles. The van der Waals surface area contributed by atoms with E-state index >= 15 is 0 Å². The number of fused-ring (bicyclic) bond motifs is 5. The van der Waals surface area contributed by atoms with Crippen LogP contribution in [0.4, 0.5) is 0 Å². The highest BCUT2D eigenvalue weighted by Crippen LogP contribution is 2.54. The summed E-state index contributed by atoms with van der Waals surface area (Å²) in [5.41, 5.74) is 6.34. The second-order valence-electron chi connectivity index (χ2n) is 7.17. The van der Waals surface area contributed by atoms with Crippen LogP contribution in [-0.2, 0) is 10.3 Å². The van der Waals surface area contributed by atoms with Gasteiger partial charge in [0.05, 0.1) is 6.10 Å². The van der Waals surface area contributed by atoms with Crippen LogP contribution in [0.5, 0.6) is 0 Å². The van der Waals surface area contributed by atoms with Crippen LogP contribution < -0.4 is 0 Å². The summed E-state index contributed by atoms with van der Waals surface area (Å²) in [4.78, 5) is 0. The quantitative estimate of drug-likeness (QED) is 0.623. The van der Waals surface area contributed by atoms with Crippen LogP contribution >= 0.6 is 0 Å². The summed E-state index contributed by atoms with van der Waals surface area (Å²) < 4.78 is 6.90. The smallest absolute Gasteiger partial charge is 0.138 e. The van der Waals surface area contributed by atoms with Crippen molar-refractivity contribution in [2.45, 2.75) is 51.7 Å². The standard InChI is InChI=1S/C23H26O/c1-4-10-17-16(3)15-23(24-22(17)5-2)20-13-8-6-11-18(20)19-12-7-9-14-21(19)23/h6-9,11-15,17,22H,4-5,10H2,1-3H3. The third-order valence-electron chi connectivity index (χ3n) is 5.75. The van der Waals surface area contributed by atoms with Crippen molar-refractivity contribution in [2.75, 3.05) is 0 Å². The van der Waals surface area contributed by atoms with Gasteiger partial charge in [0, 0.05) is 17.0 Å². The van der Waals surface area contributed by atoms with Crippen molar-refractivity contribution in [3.63, 3.8) is 0 Å². The van der Waals surface area contributed by atoms with Gasteiger partial charge in [-0.3, -0.25) is 0 Å². The molecule has 1 nitrogen and oxygen atoms in total. The predicted octanol–water partition coefficient (Wildman–Crippen LogP) is 6.08. The maximum Gasteiger partial charge on any atom is 0.138 e. The number of benzene rings is 2. The first kappa shape index (κ1) is 15.7. The fourth-order valence-corrected chi connectivity index (χ4v) is 4.68. The second kappa shape index (κ2) is 5.89. The highest BCUT2D eigenvalue weighted by atomic mass is 16.5. The van der Waals surface area contributed by atoms with E-state index < -0.39 is 5.60 Å². The van der Waals surface area contributed by atoms with Gasteiger partial charge in [-0.2, -0.15) is 0 Å². The van der Waals surface area contributed by atoms with Crippen LogP contribution in [0.3, 0.4) is 0 Å². The average molecular weight is 318 g/mol. The molecule has 1 heteroatoms. The molecular formula is C23H26O. The molecule has 0 aromatic heterocycles. The SMILES string of the molecule is CCCC1C(C)=CC2(OC1CC)c1ccccc1-c1ccccc12. The first-order chi connectivity index (χ1) is 11.7. The van der Waals surface area contributed by atoms with Crippen LogP contribution in [0.2, 0.25) is 0 Å². The Morgan fingerprint density at radius 3 is 2.04 bits per heavy atom. The zero-order chi connectivity index (χ0) is 16.7. The molecule has 124 valence electrons. The van der Waals surface area contributed by atoms with Crippen molar-refractivity contribution in [2.24, 2.45) is 5.92 Å². The summed E-state index contributed by atoms with van der Waals surface area (Å²) >= 11 is 0. The molecule has 1 spiro atoms. The van der Waals surface area contributed by atoms with Gasteiger partial charge >= 0.3 is 0 Å². The van der Waals surface area contributed by atoms with E-state index in [1.807, 2.05) is 0 Å². The molecule has 24 heavy (non-hydrogen) atoms. The van der Waals surface area contributed by atoms with Crippen molar-refractivity contribution in [1.82, 2.24) is 0 Å². The molecule has 1 aliphatic carbocycles. The lowest BCUT2D eigenvalue weighted by Crippen LogP contribution is -2.40. The molecule has 0 bridgehead atoms. The van der Waals surface area contributed by atoms with E-state index in [0.717, 1.165) is 6.42 Å². The number of hydrogen-bond acceptors (Lipinski definition) is 1. The van der Waals surface area contributed by atoms with Crippen LogP contribution in [0.15, 0.2) is 60.2 Å². The third kappa shape index (κ3) is 2.11. The fourth-order valence-electron chi connectivity index (χ4n) is 4.68. The molecule has 0 radical (unpaired) electrons. The van der Waals surface area contributed by atoms with E-state index in [1.165, 1.54) is 40.7 Å². The van der Waals surface area contributed by atoms with Crippen LogP contribution in [-0.4, -0.2) is 6.10 Å². The van der Waals surface area contributed by atoms with Gasteiger partial charge in [-0.1, -0.05) is 74.4 Å². The van der Waals surface area contributed by atoms with E-state index in [0.29, 0.717) is 5.92 Å². The summed E-state index contributed by atoms with van der Waals surface area (Å²) in [5.74, 6) is 0.547. The molecule has 0 saturated carbocycles. The van der Waals surface area contributed by atoms with Gasteiger partial charge in [0.1, 0.15) is 5.60 Å². The molecular weight excluding hydrogens is 292 g/mol. The Balaban J connectivity index is 1.94. The molecule has 0 saturated heterocycles. The first-order valence-corrected chi connectivity index (χ1v) is 9.27. The minimum atomic E-state index is -0.401. The van der Waals surface area contributed by atoms with E-state index in [-0.39, 0.29) is 6.10 Å². The molecule has 2 atom stereocenters. The van der Waals surface area contributed by atoms with E-state index in [1.54, 1.807) is 0 Å². The minimum Gasteiger partial charge on any atom is -0.358 e. The number of ether oxygens (including phenoxy) is 1. The number of rotatable bonds is 3.